The molecule has 0 fully saturated rings. The lowest BCUT2D eigenvalue weighted by Crippen LogP contribution is -2.48. The molecule has 1 rings (SSSR count). The SMILES string of the molecule is CN(CCc1cc[nH]c1)C(C)(C)C(=O)O. The van der Waals surface area contributed by atoms with Crippen molar-refractivity contribution in [3.63, 3.8) is 0 Å². The summed E-state index contributed by atoms with van der Waals surface area (Å²) in [6, 6.07) is 2.00. The van der Waals surface area contributed by atoms with E-state index >= 15 is 0 Å². The Morgan fingerprint density at radius 3 is 2.73 bits per heavy atom. The molecule has 1 heterocycles. The van der Waals surface area contributed by atoms with Crippen molar-refractivity contribution in [2.45, 2.75) is 25.8 Å². The zero-order valence-corrected chi connectivity index (χ0v) is 9.45. The van der Waals surface area contributed by atoms with Crippen LogP contribution in [-0.2, 0) is 11.2 Å². The van der Waals surface area contributed by atoms with Crippen LogP contribution in [0.3, 0.4) is 0 Å². The number of H-pyrrole nitrogens is 1. The molecule has 1 aromatic rings. The Hall–Kier alpha value is -1.29. The van der Waals surface area contributed by atoms with E-state index in [9.17, 15) is 4.79 Å². The molecule has 1 aromatic heterocycles. The van der Waals surface area contributed by atoms with Crippen LogP contribution in [0, 0.1) is 0 Å². The molecule has 0 unspecified atom stereocenters. The summed E-state index contributed by atoms with van der Waals surface area (Å²) in [7, 11) is 1.83. The van der Waals surface area contributed by atoms with E-state index in [4.69, 9.17) is 5.11 Å². The van der Waals surface area contributed by atoms with Crippen molar-refractivity contribution in [3.05, 3.63) is 24.0 Å². The normalized spacial score (nSPS) is 12.0. The molecular formula is C11H18N2O2. The number of carbonyl (C=O) groups is 1. The van der Waals surface area contributed by atoms with Crippen molar-refractivity contribution in [1.82, 2.24) is 9.88 Å². The maximum atomic E-state index is 11.0. The monoisotopic (exact) mass is 210 g/mol. The van der Waals surface area contributed by atoms with Crippen molar-refractivity contribution in [2.24, 2.45) is 0 Å². The summed E-state index contributed by atoms with van der Waals surface area (Å²) in [5.41, 5.74) is 0.388. The predicted molar refractivity (Wildman–Crippen MR) is 58.8 cm³/mol. The number of likely N-dealkylation sites (N-methyl/N-ethyl adjacent to an activating group) is 1. The van der Waals surface area contributed by atoms with Gasteiger partial charge in [-0.05, 0) is 38.9 Å². The van der Waals surface area contributed by atoms with Gasteiger partial charge in [0.25, 0.3) is 0 Å². The predicted octanol–water partition coefficient (Wildman–Crippen LogP) is 1.35. The Morgan fingerprint density at radius 1 is 1.60 bits per heavy atom. The summed E-state index contributed by atoms with van der Waals surface area (Å²) in [4.78, 5) is 15.8. The van der Waals surface area contributed by atoms with E-state index in [-0.39, 0.29) is 0 Å². The van der Waals surface area contributed by atoms with Crippen molar-refractivity contribution < 1.29 is 9.90 Å². The number of nitrogens with one attached hydrogen (secondary N) is 1. The largest absolute Gasteiger partial charge is 0.480 e. The van der Waals surface area contributed by atoms with Gasteiger partial charge < -0.3 is 10.1 Å². The number of carboxylic acids is 1. The average molecular weight is 210 g/mol. The third-order valence-electron chi connectivity index (χ3n) is 2.88. The van der Waals surface area contributed by atoms with Gasteiger partial charge >= 0.3 is 5.97 Å². The summed E-state index contributed by atoms with van der Waals surface area (Å²) in [6.45, 7) is 4.16. The summed E-state index contributed by atoms with van der Waals surface area (Å²) in [5, 5.41) is 9.02. The van der Waals surface area contributed by atoms with E-state index in [2.05, 4.69) is 4.98 Å². The molecule has 0 aliphatic heterocycles. The van der Waals surface area contributed by atoms with Crippen LogP contribution in [0.1, 0.15) is 19.4 Å². The zero-order chi connectivity index (χ0) is 11.5. The highest BCUT2D eigenvalue weighted by Gasteiger charge is 2.31. The Bertz CT molecular complexity index is 317. The fourth-order valence-electron chi connectivity index (χ4n) is 1.25. The molecule has 0 aliphatic carbocycles. The number of aromatic nitrogens is 1. The molecule has 4 heteroatoms. The quantitative estimate of drug-likeness (QED) is 0.771. The molecule has 0 atom stereocenters. The molecule has 0 amide bonds. The fraction of sp³-hybridized carbons (Fsp3) is 0.545. The third-order valence-corrected chi connectivity index (χ3v) is 2.88. The van der Waals surface area contributed by atoms with Crippen LogP contribution in [0.2, 0.25) is 0 Å². The van der Waals surface area contributed by atoms with Gasteiger partial charge in [0.15, 0.2) is 0 Å². The first-order valence-electron chi connectivity index (χ1n) is 5.01. The van der Waals surface area contributed by atoms with E-state index in [0.717, 1.165) is 13.0 Å². The molecule has 0 spiro atoms. The molecule has 0 radical (unpaired) electrons. The number of aliphatic carboxylic acids is 1. The van der Waals surface area contributed by atoms with Gasteiger partial charge in [-0.15, -0.1) is 0 Å². The van der Waals surface area contributed by atoms with Crippen LogP contribution in [0.15, 0.2) is 18.5 Å². The first-order chi connectivity index (χ1) is 6.94. The summed E-state index contributed by atoms with van der Waals surface area (Å²) in [5.74, 6) is -0.793. The molecule has 0 saturated heterocycles. The van der Waals surface area contributed by atoms with E-state index < -0.39 is 11.5 Å². The maximum Gasteiger partial charge on any atom is 0.323 e. The number of carboxylic acid groups (broad SMARTS) is 1. The average Bonchev–Trinajstić information content (AvgIpc) is 2.66. The topological polar surface area (TPSA) is 56.3 Å². The van der Waals surface area contributed by atoms with Crippen LogP contribution in [0.4, 0.5) is 0 Å². The minimum atomic E-state index is -0.809. The van der Waals surface area contributed by atoms with E-state index in [1.165, 1.54) is 5.56 Å². The number of rotatable bonds is 5. The fourth-order valence-corrected chi connectivity index (χ4v) is 1.25. The molecule has 84 valence electrons. The van der Waals surface area contributed by atoms with Gasteiger partial charge in [-0.25, -0.2) is 0 Å². The molecule has 0 aromatic carbocycles. The van der Waals surface area contributed by atoms with Crippen molar-refractivity contribution in [1.29, 1.82) is 0 Å². The number of hydrogen-bond donors (Lipinski definition) is 2. The third kappa shape index (κ3) is 2.83. The lowest BCUT2D eigenvalue weighted by molar-refractivity contribution is -0.148. The second-order valence-electron chi connectivity index (χ2n) is 4.25. The number of aromatic amines is 1. The van der Waals surface area contributed by atoms with E-state index in [1.807, 2.05) is 30.4 Å². The molecule has 0 bridgehead atoms. The smallest absolute Gasteiger partial charge is 0.323 e. The summed E-state index contributed by atoms with van der Waals surface area (Å²) < 4.78 is 0. The Labute approximate surface area is 89.9 Å². The molecular weight excluding hydrogens is 192 g/mol. The molecule has 0 saturated carbocycles. The van der Waals surface area contributed by atoms with Gasteiger partial charge in [0, 0.05) is 18.9 Å². The van der Waals surface area contributed by atoms with Crippen molar-refractivity contribution in [2.75, 3.05) is 13.6 Å². The van der Waals surface area contributed by atoms with Gasteiger partial charge in [0.2, 0.25) is 0 Å². The molecule has 15 heavy (non-hydrogen) atoms. The minimum Gasteiger partial charge on any atom is -0.480 e. The Morgan fingerprint density at radius 2 is 2.27 bits per heavy atom. The summed E-state index contributed by atoms with van der Waals surface area (Å²) in [6.07, 6.45) is 4.66. The van der Waals surface area contributed by atoms with E-state index in [0.29, 0.717) is 0 Å². The van der Waals surface area contributed by atoms with Gasteiger partial charge in [0.05, 0.1) is 0 Å². The summed E-state index contributed by atoms with van der Waals surface area (Å²) >= 11 is 0. The first kappa shape index (κ1) is 11.8. The van der Waals surface area contributed by atoms with Crippen LogP contribution in [0.25, 0.3) is 0 Å². The molecule has 0 aliphatic rings. The van der Waals surface area contributed by atoms with Gasteiger partial charge in [-0.1, -0.05) is 0 Å². The van der Waals surface area contributed by atoms with Crippen LogP contribution >= 0.6 is 0 Å². The highest BCUT2D eigenvalue weighted by Crippen LogP contribution is 2.13. The lowest BCUT2D eigenvalue weighted by Gasteiger charge is -2.31. The molecule has 2 N–H and O–H groups in total. The second kappa shape index (κ2) is 4.49. The first-order valence-corrected chi connectivity index (χ1v) is 5.01. The second-order valence-corrected chi connectivity index (χ2v) is 4.25. The highest BCUT2D eigenvalue weighted by atomic mass is 16.4. The standard InChI is InChI=1S/C11H18N2O2/c1-11(2,10(14)15)13(3)7-5-9-4-6-12-8-9/h4,6,8,12H,5,7H2,1-3H3,(H,14,15). The lowest BCUT2D eigenvalue weighted by atomic mass is 10.0. The van der Waals surface area contributed by atoms with Gasteiger partial charge in [-0.2, -0.15) is 0 Å². The number of nitrogens with zero attached hydrogens (tertiary/aromatic N) is 1. The van der Waals surface area contributed by atoms with Crippen molar-refractivity contribution in [3.8, 4) is 0 Å². The maximum absolute atomic E-state index is 11.0. The van der Waals surface area contributed by atoms with Crippen LogP contribution in [-0.4, -0.2) is 40.1 Å². The zero-order valence-electron chi connectivity index (χ0n) is 9.45. The minimum absolute atomic E-state index is 0.733. The number of hydrogen-bond acceptors (Lipinski definition) is 2. The highest BCUT2D eigenvalue weighted by molar-refractivity contribution is 5.77. The van der Waals surface area contributed by atoms with E-state index in [1.54, 1.807) is 13.8 Å². The Kier molecular flexibility index (Phi) is 3.52. The van der Waals surface area contributed by atoms with Crippen molar-refractivity contribution >= 4 is 5.97 Å². The molecule has 4 nitrogen and oxygen atoms in total. The van der Waals surface area contributed by atoms with Crippen LogP contribution in [0.5, 0.6) is 0 Å². The Balaban J connectivity index is 2.49. The van der Waals surface area contributed by atoms with Gasteiger partial charge in [-0.3, -0.25) is 9.69 Å². The van der Waals surface area contributed by atoms with Gasteiger partial charge in [0.1, 0.15) is 5.54 Å². The van der Waals surface area contributed by atoms with Crippen LogP contribution < -0.4 is 0 Å².